The number of fused-ring (bicyclic) bond motifs is 7. The monoisotopic (exact) mass is 595 g/mol. The van der Waals surface area contributed by atoms with E-state index < -0.39 is 10.8 Å². The van der Waals surface area contributed by atoms with E-state index in [2.05, 4.69) is 40.7 Å². The third-order valence-corrected chi connectivity index (χ3v) is 13.8. The van der Waals surface area contributed by atoms with Crippen LogP contribution in [0.2, 0.25) is 0 Å². The molecule has 1 aromatic carbocycles. The first kappa shape index (κ1) is 31.0. The Morgan fingerprint density at radius 3 is 2.32 bits per heavy atom. The van der Waals surface area contributed by atoms with Gasteiger partial charge in [-0.1, -0.05) is 78.3 Å². The highest BCUT2D eigenvalue weighted by Crippen LogP contribution is 2.75. The molecule has 5 nitrogen and oxygen atoms in total. The highest BCUT2D eigenvalue weighted by Gasteiger charge is 2.69. The van der Waals surface area contributed by atoms with Crippen molar-refractivity contribution in [3.63, 3.8) is 0 Å². The largest absolute Gasteiger partial charge is 0.427 e. The number of ketones is 2. The molecule has 0 aromatic heterocycles. The van der Waals surface area contributed by atoms with Gasteiger partial charge >= 0.3 is 5.97 Å². The standard InChI is InChI=1S/C39H49NO4/c1-34(2)17-19-39(16-14-31(42)44-26-11-9-8-10-12-26)20-18-38(7)32(27(39)23-34)28(41)21-30-36(5)22-25(24-40)33(43)35(3,4)29(36)13-15-37(30,38)6/h8-12,21-22,27,29,32H,13-20,23H2,1-7H3/t27?,29-,32?,36-,37+,38+,39+/m0/s1. The molecule has 0 N–H and O–H groups in total. The minimum Gasteiger partial charge on any atom is -0.427 e. The number of nitriles is 1. The molecule has 1 aromatic rings. The summed E-state index contributed by atoms with van der Waals surface area (Å²) in [5.41, 5.74) is -0.248. The number of benzene rings is 1. The van der Waals surface area contributed by atoms with Crippen LogP contribution in [0.1, 0.15) is 106 Å². The van der Waals surface area contributed by atoms with Crippen LogP contribution in [-0.4, -0.2) is 17.5 Å². The van der Waals surface area contributed by atoms with Crippen molar-refractivity contribution in [3.8, 4) is 11.8 Å². The normalized spacial score (nSPS) is 40.2. The van der Waals surface area contributed by atoms with Crippen LogP contribution >= 0.6 is 0 Å². The van der Waals surface area contributed by atoms with Crippen LogP contribution in [0, 0.1) is 61.6 Å². The number of hydrogen-bond donors (Lipinski definition) is 0. The predicted octanol–water partition coefficient (Wildman–Crippen LogP) is 8.59. The van der Waals surface area contributed by atoms with Crippen molar-refractivity contribution in [2.45, 2.75) is 106 Å². The summed E-state index contributed by atoms with van der Waals surface area (Å²) in [4.78, 5) is 41.1. The summed E-state index contributed by atoms with van der Waals surface area (Å²) in [5, 5.41) is 9.97. The second-order valence-corrected chi connectivity index (χ2v) is 16.9. The number of Topliss-reactive ketones (excluding diaryl/α,β-unsaturated/α-hetero) is 1. The van der Waals surface area contributed by atoms with Gasteiger partial charge in [0.2, 0.25) is 0 Å². The van der Waals surface area contributed by atoms with Crippen molar-refractivity contribution in [2.75, 3.05) is 0 Å². The van der Waals surface area contributed by atoms with Crippen LogP contribution in [0.4, 0.5) is 0 Å². The van der Waals surface area contributed by atoms with Crippen molar-refractivity contribution < 1.29 is 19.1 Å². The molecule has 6 rings (SSSR count). The lowest BCUT2D eigenvalue weighted by Gasteiger charge is -2.69. The number of para-hydroxylation sites is 1. The van der Waals surface area contributed by atoms with Gasteiger partial charge in [0.1, 0.15) is 11.8 Å². The molecule has 3 fully saturated rings. The molecule has 0 saturated heterocycles. The first-order chi connectivity index (χ1) is 20.5. The van der Waals surface area contributed by atoms with Crippen LogP contribution in [0.15, 0.2) is 53.6 Å². The van der Waals surface area contributed by atoms with E-state index >= 15 is 0 Å². The average molecular weight is 596 g/mol. The molecule has 0 heterocycles. The molecule has 5 aliphatic carbocycles. The fourth-order valence-corrected chi connectivity index (χ4v) is 11.2. The van der Waals surface area contributed by atoms with Gasteiger partial charge < -0.3 is 4.74 Å². The van der Waals surface area contributed by atoms with E-state index in [1.165, 1.54) is 0 Å². The Kier molecular flexibility index (Phi) is 7.05. The Morgan fingerprint density at radius 1 is 0.955 bits per heavy atom. The molecule has 0 amide bonds. The summed E-state index contributed by atoms with van der Waals surface area (Å²) in [6, 6.07) is 11.5. The Hall–Kier alpha value is -3.00. The van der Waals surface area contributed by atoms with E-state index in [-0.39, 0.29) is 62.5 Å². The van der Waals surface area contributed by atoms with Gasteiger partial charge in [-0.2, -0.15) is 5.26 Å². The molecule has 0 bridgehead atoms. The van der Waals surface area contributed by atoms with Gasteiger partial charge in [0.15, 0.2) is 11.6 Å². The van der Waals surface area contributed by atoms with Crippen LogP contribution < -0.4 is 4.74 Å². The zero-order valence-electron chi connectivity index (χ0n) is 27.7. The SMILES string of the molecule is CC1(C)CC[C@]2(CCC(=O)Oc3ccccc3)CC[C@]3(C)C(C(=O)C=C4[C@@]5(C)C=C(C#N)C(=O)C(C)(C)[C@@H]5CC[C@]43C)C2C1. The number of esters is 1. The van der Waals surface area contributed by atoms with Crippen molar-refractivity contribution in [2.24, 2.45) is 50.2 Å². The van der Waals surface area contributed by atoms with Gasteiger partial charge in [0.05, 0.1) is 5.57 Å². The quantitative estimate of drug-likeness (QED) is 0.257. The van der Waals surface area contributed by atoms with Crippen molar-refractivity contribution in [1.82, 2.24) is 0 Å². The lowest BCUT2D eigenvalue weighted by atomic mass is 9.34. The summed E-state index contributed by atoms with van der Waals surface area (Å²) in [6.07, 6.45) is 11.8. The molecule has 5 aliphatic rings. The fraction of sp³-hybridized carbons (Fsp3) is 0.641. The summed E-state index contributed by atoms with van der Waals surface area (Å²) in [5.74, 6) is 0.624. The third-order valence-electron chi connectivity index (χ3n) is 13.8. The summed E-state index contributed by atoms with van der Waals surface area (Å²) in [7, 11) is 0. The summed E-state index contributed by atoms with van der Waals surface area (Å²) < 4.78 is 5.69. The number of allylic oxidation sites excluding steroid dienone is 4. The molecule has 3 saturated carbocycles. The highest BCUT2D eigenvalue weighted by atomic mass is 16.5. The van der Waals surface area contributed by atoms with Gasteiger partial charge in [-0.25, -0.2) is 0 Å². The molecule has 0 spiro atoms. The van der Waals surface area contributed by atoms with Gasteiger partial charge in [0.25, 0.3) is 0 Å². The fourth-order valence-electron chi connectivity index (χ4n) is 11.2. The molecule has 44 heavy (non-hydrogen) atoms. The van der Waals surface area contributed by atoms with Gasteiger partial charge in [-0.15, -0.1) is 0 Å². The second kappa shape index (κ2) is 10.0. The first-order valence-corrected chi connectivity index (χ1v) is 16.7. The number of carbonyl (C=O) groups is 3. The number of nitrogens with zero attached hydrogens (tertiary/aromatic N) is 1. The van der Waals surface area contributed by atoms with Crippen molar-refractivity contribution in [1.29, 1.82) is 5.26 Å². The predicted molar refractivity (Wildman–Crippen MR) is 170 cm³/mol. The van der Waals surface area contributed by atoms with Gasteiger partial charge in [-0.3, -0.25) is 14.4 Å². The summed E-state index contributed by atoms with van der Waals surface area (Å²) in [6.45, 7) is 15.6. The van der Waals surface area contributed by atoms with E-state index in [4.69, 9.17) is 4.74 Å². The molecule has 0 aliphatic heterocycles. The maximum Gasteiger partial charge on any atom is 0.311 e. The molecular weight excluding hydrogens is 546 g/mol. The number of ether oxygens (including phenoxy) is 1. The second-order valence-electron chi connectivity index (χ2n) is 16.9. The molecular formula is C39H49NO4. The van der Waals surface area contributed by atoms with Crippen molar-refractivity contribution in [3.05, 3.63) is 53.6 Å². The third kappa shape index (κ3) is 4.33. The Bertz CT molecular complexity index is 1510. The van der Waals surface area contributed by atoms with E-state index in [9.17, 15) is 19.6 Å². The van der Waals surface area contributed by atoms with Gasteiger partial charge in [-0.05, 0) is 103 Å². The zero-order chi connectivity index (χ0) is 31.9. The van der Waals surface area contributed by atoms with Crippen LogP contribution in [0.5, 0.6) is 5.75 Å². The first-order valence-electron chi connectivity index (χ1n) is 16.7. The molecule has 7 atom stereocenters. The smallest absolute Gasteiger partial charge is 0.311 e. The maximum absolute atomic E-state index is 14.7. The molecule has 5 heteroatoms. The molecule has 234 valence electrons. The Labute approximate surface area is 263 Å². The average Bonchev–Trinajstić information content (AvgIpc) is 2.96. The molecule has 2 unspecified atom stereocenters. The summed E-state index contributed by atoms with van der Waals surface area (Å²) >= 11 is 0. The van der Waals surface area contributed by atoms with Crippen LogP contribution in [0.25, 0.3) is 0 Å². The maximum atomic E-state index is 14.7. The number of rotatable bonds is 4. The zero-order valence-corrected chi connectivity index (χ0v) is 27.7. The topological polar surface area (TPSA) is 84.2 Å². The lowest BCUT2D eigenvalue weighted by molar-refractivity contribution is -0.173. The highest BCUT2D eigenvalue weighted by molar-refractivity contribution is 6.04. The van der Waals surface area contributed by atoms with Crippen LogP contribution in [-0.2, 0) is 14.4 Å². The Morgan fingerprint density at radius 2 is 1.64 bits per heavy atom. The van der Waals surface area contributed by atoms with E-state index in [1.807, 2.05) is 56.3 Å². The number of hydrogen-bond acceptors (Lipinski definition) is 5. The van der Waals surface area contributed by atoms with E-state index in [0.29, 0.717) is 12.2 Å². The Balaban J connectivity index is 1.39. The van der Waals surface area contributed by atoms with E-state index in [0.717, 1.165) is 56.9 Å². The van der Waals surface area contributed by atoms with Gasteiger partial charge in [0, 0.05) is 23.2 Å². The van der Waals surface area contributed by atoms with Crippen molar-refractivity contribution >= 4 is 17.5 Å². The van der Waals surface area contributed by atoms with Crippen LogP contribution in [0.3, 0.4) is 0 Å². The van der Waals surface area contributed by atoms with E-state index in [1.54, 1.807) is 0 Å². The lowest BCUT2D eigenvalue weighted by Crippen LogP contribution is -2.64. The molecule has 0 radical (unpaired) electrons. The minimum absolute atomic E-state index is 0.0406. The number of carbonyl (C=O) groups excluding carboxylic acids is 3. The minimum atomic E-state index is -0.666.